The smallest absolute Gasteiger partial charge is 0.358 e. The summed E-state index contributed by atoms with van der Waals surface area (Å²) < 4.78 is 4.81. The molecule has 5 nitrogen and oxygen atoms in total. The number of carboxylic acids is 1. The summed E-state index contributed by atoms with van der Waals surface area (Å²) in [5, 5.41) is 11.9. The third-order valence-electron chi connectivity index (χ3n) is 1.59. The average Bonchev–Trinajstić information content (AvgIpc) is 2.75. The molecule has 0 amide bonds. The Morgan fingerprint density at radius 1 is 1.62 bits per heavy atom. The van der Waals surface area contributed by atoms with E-state index >= 15 is 0 Å². The number of carboxylic acid groups (broad SMARTS) is 1. The van der Waals surface area contributed by atoms with E-state index in [1.54, 1.807) is 18.3 Å². The number of aromatic nitrogens is 2. The number of hydrogen-bond donors (Lipinski definition) is 2. The lowest BCUT2D eigenvalue weighted by molar-refractivity contribution is 0.0686. The predicted octanol–water partition coefficient (Wildman–Crippen LogP) is 1.37. The van der Waals surface area contributed by atoms with E-state index in [1.807, 2.05) is 0 Å². The number of carbonyl (C=O) groups is 1. The van der Waals surface area contributed by atoms with Crippen LogP contribution in [0.5, 0.6) is 0 Å². The summed E-state index contributed by atoms with van der Waals surface area (Å²) in [6, 6.07) is 4.93. The first kappa shape index (κ1) is 7.60. The van der Waals surface area contributed by atoms with Crippen molar-refractivity contribution in [1.29, 1.82) is 0 Å². The maximum absolute atomic E-state index is 10.5. The molecule has 2 N–H and O–H groups in total. The van der Waals surface area contributed by atoms with Crippen molar-refractivity contribution >= 4 is 5.97 Å². The lowest BCUT2D eigenvalue weighted by Crippen LogP contribution is -1.94. The van der Waals surface area contributed by atoms with Crippen molar-refractivity contribution < 1.29 is 14.4 Å². The zero-order valence-electron chi connectivity index (χ0n) is 6.52. The quantitative estimate of drug-likeness (QED) is 0.727. The standard InChI is InChI=1S/C8H6N2O3/c11-8(12)6-4-7(13-10-6)5-2-1-3-9-5/h1-4,9H,(H,11,12). The van der Waals surface area contributed by atoms with Crippen LogP contribution in [0.4, 0.5) is 0 Å². The van der Waals surface area contributed by atoms with Crippen LogP contribution in [0.3, 0.4) is 0 Å². The Morgan fingerprint density at radius 3 is 3.00 bits per heavy atom. The average molecular weight is 178 g/mol. The van der Waals surface area contributed by atoms with Gasteiger partial charge in [-0.3, -0.25) is 0 Å². The van der Waals surface area contributed by atoms with Crippen LogP contribution < -0.4 is 0 Å². The number of nitrogens with one attached hydrogen (secondary N) is 1. The largest absolute Gasteiger partial charge is 0.476 e. The van der Waals surface area contributed by atoms with Gasteiger partial charge in [-0.1, -0.05) is 5.16 Å². The first-order valence-corrected chi connectivity index (χ1v) is 3.61. The van der Waals surface area contributed by atoms with Crippen molar-refractivity contribution in [2.75, 3.05) is 0 Å². The van der Waals surface area contributed by atoms with E-state index < -0.39 is 5.97 Å². The van der Waals surface area contributed by atoms with Crippen LogP contribution in [0.25, 0.3) is 11.5 Å². The zero-order chi connectivity index (χ0) is 9.26. The van der Waals surface area contributed by atoms with Crippen LogP contribution in [-0.4, -0.2) is 21.2 Å². The molecule has 2 rings (SSSR count). The molecule has 0 fully saturated rings. The van der Waals surface area contributed by atoms with Gasteiger partial charge in [0, 0.05) is 12.3 Å². The van der Waals surface area contributed by atoms with Gasteiger partial charge in [-0.15, -0.1) is 0 Å². The highest BCUT2D eigenvalue weighted by Crippen LogP contribution is 2.17. The number of aromatic carboxylic acids is 1. The molecule has 2 aromatic heterocycles. The van der Waals surface area contributed by atoms with Crippen molar-refractivity contribution in [2.45, 2.75) is 0 Å². The van der Waals surface area contributed by atoms with E-state index in [1.165, 1.54) is 6.07 Å². The third-order valence-corrected chi connectivity index (χ3v) is 1.59. The molecular formula is C8H6N2O3. The molecule has 0 aliphatic rings. The second-order valence-electron chi connectivity index (χ2n) is 2.47. The van der Waals surface area contributed by atoms with Crippen molar-refractivity contribution in [1.82, 2.24) is 10.1 Å². The highest BCUT2D eigenvalue weighted by atomic mass is 16.5. The van der Waals surface area contributed by atoms with Gasteiger partial charge < -0.3 is 14.6 Å². The SMILES string of the molecule is O=C(O)c1cc(-c2ccc[nH]2)on1. The molecule has 0 atom stereocenters. The summed E-state index contributed by atoms with van der Waals surface area (Å²) in [6.07, 6.45) is 1.72. The Balaban J connectivity index is 2.39. The highest BCUT2D eigenvalue weighted by Gasteiger charge is 2.11. The molecule has 66 valence electrons. The fourth-order valence-electron chi connectivity index (χ4n) is 0.987. The molecule has 0 bridgehead atoms. The number of nitrogens with zero attached hydrogens (tertiary/aromatic N) is 1. The summed E-state index contributed by atoms with van der Waals surface area (Å²) in [6.45, 7) is 0. The minimum atomic E-state index is -1.10. The fourth-order valence-corrected chi connectivity index (χ4v) is 0.987. The molecule has 0 spiro atoms. The van der Waals surface area contributed by atoms with Gasteiger partial charge in [0.25, 0.3) is 0 Å². The third kappa shape index (κ3) is 1.31. The lowest BCUT2D eigenvalue weighted by atomic mass is 10.3. The topological polar surface area (TPSA) is 79.1 Å². The van der Waals surface area contributed by atoms with E-state index in [0.717, 1.165) is 0 Å². The highest BCUT2D eigenvalue weighted by molar-refractivity contribution is 5.86. The van der Waals surface area contributed by atoms with Crippen LogP contribution in [0, 0.1) is 0 Å². The maximum Gasteiger partial charge on any atom is 0.358 e. The van der Waals surface area contributed by atoms with Crippen LogP contribution in [0.15, 0.2) is 28.9 Å². The number of hydrogen-bond acceptors (Lipinski definition) is 3. The van der Waals surface area contributed by atoms with Gasteiger partial charge in [0.1, 0.15) is 0 Å². The van der Waals surface area contributed by atoms with E-state index in [-0.39, 0.29) is 5.69 Å². The van der Waals surface area contributed by atoms with Crippen LogP contribution >= 0.6 is 0 Å². The number of aromatic amines is 1. The van der Waals surface area contributed by atoms with Crippen molar-refractivity contribution in [3.05, 3.63) is 30.1 Å². The first-order chi connectivity index (χ1) is 6.27. The molecule has 0 aromatic carbocycles. The maximum atomic E-state index is 10.5. The Bertz CT molecular complexity index is 416. The lowest BCUT2D eigenvalue weighted by Gasteiger charge is -1.84. The normalized spacial score (nSPS) is 10.2. The Morgan fingerprint density at radius 2 is 2.46 bits per heavy atom. The Kier molecular flexibility index (Phi) is 1.63. The molecule has 0 aliphatic heterocycles. The van der Waals surface area contributed by atoms with Gasteiger partial charge in [0.15, 0.2) is 11.5 Å². The zero-order valence-corrected chi connectivity index (χ0v) is 6.52. The predicted molar refractivity (Wildman–Crippen MR) is 43.2 cm³/mol. The van der Waals surface area contributed by atoms with Gasteiger partial charge in [0.2, 0.25) is 0 Å². The molecule has 2 aromatic rings. The number of H-pyrrole nitrogens is 1. The van der Waals surface area contributed by atoms with Crippen LogP contribution in [0.2, 0.25) is 0 Å². The van der Waals surface area contributed by atoms with Crippen molar-refractivity contribution in [3.63, 3.8) is 0 Å². The molecular weight excluding hydrogens is 172 g/mol. The van der Waals surface area contributed by atoms with E-state index in [4.69, 9.17) is 9.63 Å². The molecule has 0 radical (unpaired) electrons. The van der Waals surface area contributed by atoms with E-state index in [2.05, 4.69) is 10.1 Å². The van der Waals surface area contributed by atoms with E-state index in [0.29, 0.717) is 11.5 Å². The summed E-state index contributed by atoms with van der Waals surface area (Å²) >= 11 is 0. The first-order valence-electron chi connectivity index (χ1n) is 3.61. The van der Waals surface area contributed by atoms with E-state index in [9.17, 15) is 4.79 Å². The Hall–Kier alpha value is -2.04. The van der Waals surface area contributed by atoms with Gasteiger partial charge in [-0.25, -0.2) is 4.79 Å². The summed E-state index contributed by atoms with van der Waals surface area (Å²) in [7, 11) is 0. The second kappa shape index (κ2) is 2.78. The summed E-state index contributed by atoms with van der Waals surface area (Å²) in [5.41, 5.74) is 0.615. The van der Waals surface area contributed by atoms with Gasteiger partial charge >= 0.3 is 5.97 Å². The van der Waals surface area contributed by atoms with Crippen LogP contribution in [-0.2, 0) is 0 Å². The Labute approximate surface area is 73.0 Å². The molecule has 0 aliphatic carbocycles. The van der Waals surface area contributed by atoms with Gasteiger partial charge in [0.05, 0.1) is 5.69 Å². The second-order valence-corrected chi connectivity index (χ2v) is 2.47. The number of rotatable bonds is 2. The van der Waals surface area contributed by atoms with Gasteiger partial charge in [-0.2, -0.15) is 0 Å². The summed E-state index contributed by atoms with van der Waals surface area (Å²) in [5.74, 6) is -0.677. The van der Waals surface area contributed by atoms with Crippen molar-refractivity contribution in [2.24, 2.45) is 0 Å². The van der Waals surface area contributed by atoms with Gasteiger partial charge in [-0.05, 0) is 12.1 Å². The molecule has 2 heterocycles. The molecule has 0 saturated carbocycles. The fraction of sp³-hybridized carbons (Fsp3) is 0. The molecule has 5 heteroatoms. The monoisotopic (exact) mass is 178 g/mol. The van der Waals surface area contributed by atoms with Crippen molar-refractivity contribution in [3.8, 4) is 11.5 Å². The molecule has 0 saturated heterocycles. The minimum Gasteiger partial charge on any atom is -0.476 e. The molecule has 0 unspecified atom stereocenters. The minimum absolute atomic E-state index is 0.0930. The summed E-state index contributed by atoms with van der Waals surface area (Å²) in [4.78, 5) is 13.3. The van der Waals surface area contributed by atoms with Crippen LogP contribution in [0.1, 0.15) is 10.5 Å². The molecule has 13 heavy (non-hydrogen) atoms.